The van der Waals surface area contributed by atoms with Gasteiger partial charge in [0.1, 0.15) is 11.6 Å². The van der Waals surface area contributed by atoms with Crippen LogP contribution in [-0.2, 0) is 0 Å². The van der Waals surface area contributed by atoms with Gasteiger partial charge in [-0.25, -0.2) is 14.4 Å². The number of rotatable bonds is 3. The number of hydrogen-bond donors (Lipinski definition) is 0. The van der Waals surface area contributed by atoms with Crippen molar-refractivity contribution in [3.05, 3.63) is 99.5 Å². The second-order valence-corrected chi connectivity index (χ2v) is 6.52. The molecule has 0 aliphatic heterocycles. The zero-order valence-electron chi connectivity index (χ0n) is 15.6. The van der Waals surface area contributed by atoms with E-state index in [1.807, 2.05) is 0 Å². The lowest BCUT2D eigenvalue weighted by atomic mass is 10.1. The minimum atomic E-state index is -0.289. The highest BCUT2D eigenvalue weighted by molar-refractivity contribution is 5.77. The minimum absolute atomic E-state index is 0.244. The van der Waals surface area contributed by atoms with E-state index in [-0.39, 0.29) is 11.4 Å². The summed E-state index contributed by atoms with van der Waals surface area (Å²) < 4.78 is 15.4. The van der Waals surface area contributed by atoms with Gasteiger partial charge in [-0.15, -0.1) is 6.42 Å². The summed E-state index contributed by atoms with van der Waals surface area (Å²) in [6, 6.07) is 15.4. The van der Waals surface area contributed by atoms with Gasteiger partial charge in [0.25, 0.3) is 5.56 Å². The van der Waals surface area contributed by atoms with E-state index in [0.717, 1.165) is 0 Å². The molecule has 0 bridgehead atoms. The smallest absolute Gasteiger partial charge is 0.267 e. The standard InChI is InChI=1S/C24H16FN3O/c1-3-17-8-11-19(12-9-17)28-22(13-10-18-7-6-16(2)21(25)15-18)27-23-20(24(28)29)5-4-14-26-23/h1,4-15H,2H3/b13-10+. The average molecular weight is 381 g/mol. The second-order valence-electron chi connectivity index (χ2n) is 6.52. The highest BCUT2D eigenvalue weighted by Gasteiger charge is 2.11. The van der Waals surface area contributed by atoms with Crippen LogP contribution in [0.15, 0.2) is 65.6 Å². The first-order chi connectivity index (χ1) is 14.1. The molecule has 0 spiro atoms. The Balaban J connectivity index is 1.91. The number of halogens is 1. The summed E-state index contributed by atoms with van der Waals surface area (Å²) in [6.07, 6.45) is 10.4. The summed E-state index contributed by atoms with van der Waals surface area (Å²) in [4.78, 5) is 21.9. The third-order valence-corrected chi connectivity index (χ3v) is 4.58. The number of nitrogens with zero attached hydrogens (tertiary/aromatic N) is 3. The Morgan fingerprint density at radius 3 is 2.62 bits per heavy atom. The Morgan fingerprint density at radius 2 is 1.90 bits per heavy atom. The number of pyridine rings is 1. The molecule has 4 rings (SSSR count). The van der Waals surface area contributed by atoms with Gasteiger partial charge in [0, 0.05) is 11.8 Å². The zero-order valence-corrected chi connectivity index (χ0v) is 15.6. The Hall–Kier alpha value is -4.04. The van der Waals surface area contributed by atoms with Crippen LogP contribution in [0.1, 0.15) is 22.5 Å². The number of terminal acetylenes is 1. The van der Waals surface area contributed by atoms with Crippen molar-refractivity contribution >= 4 is 23.2 Å². The topological polar surface area (TPSA) is 47.8 Å². The van der Waals surface area contributed by atoms with Crippen molar-refractivity contribution in [1.82, 2.24) is 14.5 Å². The quantitative estimate of drug-likeness (QED) is 0.495. The van der Waals surface area contributed by atoms with Crippen LogP contribution in [0.3, 0.4) is 0 Å². The first-order valence-electron chi connectivity index (χ1n) is 8.96. The first kappa shape index (κ1) is 18.3. The van der Waals surface area contributed by atoms with Gasteiger partial charge in [-0.2, -0.15) is 0 Å². The molecule has 140 valence electrons. The van der Waals surface area contributed by atoms with E-state index in [4.69, 9.17) is 6.42 Å². The van der Waals surface area contributed by atoms with Crippen molar-refractivity contribution in [3.63, 3.8) is 0 Å². The lowest BCUT2D eigenvalue weighted by Crippen LogP contribution is -2.22. The maximum absolute atomic E-state index is 13.9. The van der Waals surface area contributed by atoms with Gasteiger partial charge < -0.3 is 0 Å². The molecular weight excluding hydrogens is 365 g/mol. The van der Waals surface area contributed by atoms with Crippen LogP contribution in [0, 0.1) is 25.1 Å². The molecule has 0 N–H and O–H groups in total. The lowest BCUT2D eigenvalue weighted by molar-refractivity contribution is 0.618. The molecule has 0 saturated heterocycles. The van der Waals surface area contributed by atoms with Crippen molar-refractivity contribution in [2.75, 3.05) is 0 Å². The van der Waals surface area contributed by atoms with Gasteiger partial charge >= 0.3 is 0 Å². The van der Waals surface area contributed by atoms with Crippen molar-refractivity contribution in [2.45, 2.75) is 6.92 Å². The van der Waals surface area contributed by atoms with E-state index in [2.05, 4.69) is 15.9 Å². The molecule has 4 nitrogen and oxygen atoms in total. The fraction of sp³-hybridized carbons (Fsp3) is 0.0417. The summed E-state index contributed by atoms with van der Waals surface area (Å²) in [5.41, 5.74) is 2.68. The average Bonchev–Trinajstić information content (AvgIpc) is 2.75. The Labute approximate surface area is 167 Å². The van der Waals surface area contributed by atoms with Gasteiger partial charge in [-0.1, -0.05) is 24.1 Å². The van der Waals surface area contributed by atoms with Crippen LogP contribution < -0.4 is 5.56 Å². The number of fused-ring (bicyclic) bond motifs is 1. The van der Waals surface area contributed by atoms with Gasteiger partial charge in [-0.3, -0.25) is 9.36 Å². The van der Waals surface area contributed by atoms with Crippen molar-refractivity contribution < 1.29 is 4.39 Å². The summed E-state index contributed by atoms with van der Waals surface area (Å²) in [7, 11) is 0. The zero-order chi connectivity index (χ0) is 20.4. The number of benzene rings is 2. The van der Waals surface area contributed by atoms with Gasteiger partial charge in [0.05, 0.1) is 11.1 Å². The third kappa shape index (κ3) is 3.56. The number of hydrogen-bond acceptors (Lipinski definition) is 3. The van der Waals surface area contributed by atoms with Crippen LogP contribution in [0.2, 0.25) is 0 Å². The van der Waals surface area contributed by atoms with Gasteiger partial charge in [0.2, 0.25) is 0 Å². The van der Waals surface area contributed by atoms with E-state index >= 15 is 0 Å². The molecule has 0 atom stereocenters. The molecule has 29 heavy (non-hydrogen) atoms. The van der Waals surface area contributed by atoms with Crippen molar-refractivity contribution in [3.8, 4) is 18.0 Å². The van der Waals surface area contributed by atoms with E-state index in [9.17, 15) is 9.18 Å². The normalized spacial score (nSPS) is 11.1. The fourth-order valence-corrected chi connectivity index (χ4v) is 2.99. The molecule has 0 saturated carbocycles. The third-order valence-electron chi connectivity index (χ3n) is 4.58. The molecule has 5 heteroatoms. The second kappa shape index (κ2) is 7.53. The molecule has 0 aliphatic carbocycles. The van der Waals surface area contributed by atoms with Crippen LogP contribution in [0.25, 0.3) is 28.9 Å². The number of aryl methyl sites for hydroxylation is 1. The SMILES string of the molecule is C#Cc1ccc(-n2c(/C=C/c3ccc(C)c(F)c3)nc3ncccc3c2=O)cc1. The molecular formula is C24H16FN3O. The fourth-order valence-electron chi connectivity index (χ4n) is 2.99. The Morgan fingerprint density at radius 1 is 1.10 bits per heavy atom. The predicted molar refractivity (Wildman–Crippen MR) is 113 cm³/mol. The first-order valence-corrected chi connectivity index (χ1v) is 8.96. The minimum Gasteiger partial charge on any atom is -0.268 e. The van der Waals surface area contributed by atoms with Crippen LogP contribution >= 0.6 is 0 Å². The maximum atomic E-state index is 13.9. The van der Waals surface area contributed by atoms with Crippen LogP contribution in [0.4, 0.5) is 4.39 Å². The van der Waals surface area contributed by atoms with Crippen LogP contribution in [0.5, 0.6) is 0 Å². The molecule has 0 unspecified atom stereocenters. The molecule has 2 heterocycles. The van der Waals surface area contributed by atoms with Crippen LogP contribution in [-0.4, -0.2) is 14.5 Å². The predicted octanol–water partition coefficient (Wildman–Crippen LogP) is 4.38. The molecule has 0 amide bonds. The Bertz CT molecular complexity index is 1350. The summed E-state index contributed by atoms with van der Waals surface area (Å²) in [6.45, 7) is 1.71. The van der Waals surface area contributed by atoms with E-state index in [1.54, 1.807) is 73.8 Å². The molecule has 2 aromatic heterocycles. The highest BCUT2D eigenvalue weighted by atomic mass is 19.1. The van der Waals surface area contributed by atoms with Crippen molar-refractivity contribution in [2.24, 2.45) is 0 Å². The van der Waals surface area contributed by atoms with E-state index in [0.29, 0.717) is 39.2 Å². The Kier molecular flexibility index (Phi) is 4.76. The largest absolute Gasteiger partial charge is 0.268 e. The van der Waals surface area contributed by atoms with Gasteiger partial charge in [-0.05, 0) is 66.6 Å². The maximum Gasteiger partial charge on any atom is 0.267 e. The molecule has 0 radical (unpaired) electrons. The highest BCUT2D eigenvalue weighted by Crippen LogP contribution is 2.16. The summed E-state index contributed by atoms with van der Waals surface area (Å²) in [5.74, 6) is 2.65. The summed E-state index contributed by atoms with van der Waals surface area (Å²) >= 11 is 0. The van der Waals surface area contributed by atoms with E-state index < -0.39 is 0 Å². The summed E-state index contributed by atoms with van der Waals surface area (Å²) in [5, 5.41) is 0.409. The molecule has 0 aliphatic rings. The lowest BCUT2D eigenvalue weighted by Gasteiger charge is -2.11. The van der Waals surface area contributed by atoms with Gasteiger partial charge in [0.15, 0.2) is 5.65 Å². The van der Waals surface area contributed by atoms with E-state index in [1.165, 1.54) is 10.6 Å². The molecule has 4 aromatic rings. The van der Waals surface area contributed by atoms with Crippen molar-refractivity contribution in [1.29, 1.82) is 0 Å². The molecule has 0 fully saturated rings. The monoisotopic (exact) mass is 381 g/mol. The molecule has 2 aromatic carbocycles. The number of aromatic nitrogens is 3.